The van der Waals surface area contributed by atoms with Gasteiger partial charge >= 0.3 is 0 Å². The lowest BCUT2D eigenvalue weighted by Gasteiger charge is -2.14. The van der Waals surface area contributed by atoms with Crippen LogP contribution < -0.4 is 4.74 Å². The highest BCUT2D eigenvalue weighted by Crippen LogP contribution is 2.22. The van der Waals surface area contributed by atoms with Gasteiger partial charge in [-0.2, -0.15) is 5.10 Å². The molecule has 1 amide bonds. The van der Waals surface area contributed by atoms with Gasteiger partial charge in [-0.3, -0.25) is 4.79 Å². The maximum atomic E-state index is 12.3. The smallest absolute Gasteiger partial charge is 0.280 e. The second kappa shape index (κ2) is 6.65. The minimum absolute atomic E-state index is 0.0112. The first kappa shape index (κ1) is 15.3. The Balaban J connectivity index is 1.65. The molecule has 1 aliphatic rings. The summed E-state index contributed by atoms with van der Waals surface area (Å²) in [6.07, 6.45) is 0.777. The Morgan fingerprint density at radius 1 is 1.09 bits per heavy atom. The Labute approximate surface area is 136 Å². The largest absolute Gasteiger partial charge is 0.483 e. The number of benzene rings is 2. The first-order valence-corrected chi connectivity index (χ1v) is 7.77. The molecule has 23 heavy (non-hydrogen) atoms. The number of aryl methyl sites for hydroxylation is 2. The van der Waals surface area contributed by atoms with E-state index in [1.54, 1.807) is 0 Å². The highest BCUT2D eigenvalue weighted by atomic mass is 16.5. The van der Waals surface area contributed by atoms with Crippen LogP contribution in [0, 0.1) is 13.8 Å². The van der Waals surface area contributed by atoms with Crippen molar-refractivity contribution in [3.05, 3.63) is 65.2 Å². The Morgan fingerprint density at radius 3 is 2.48 bits per heavy atom. The van der Waals surface area contributed by atoms with Crippen LogP contribution in [-0.2, 0) is 4.79 Å². The number of nitrogens with zero attached hydrogens (tertiary/aromatic N) is 2. The molecule has 0 atom stereocenters. The molecule has 4 nitrogen and oxygen atoms in total. The quantitative estimate of drug-likeness (QED) is 0.869. The molecule has 0 bridgehead atoms. The number of ether oxygens (including phenoxy) is 1. The zero-order valence-corrected chi connectivity index (χ0v) is 13.5. The molecule has 118 valence electrons. The maximum Gasteiger partial charge on any atom is 0.280 e. The van der Waals surface area contributed by atoms with Crippen LogP contribution in [0.5, 0.6) is 5.75 Å². The number of para-hydroxylation sites is 1. The average molecular weight is 308 g/mol. The first-order valence-electron chi connectivity index (χ1n) is 7.77. The van der Waals surface area contributed by atoms with Gasteiger partial charge in [0.05, 0.1) is 12.3 Å². The fourth-order valence-electron chi connectivity index (χ4n) is 2.71. The summed E-state index contributed by atoms with van der Waals surface area (Å²) in [5, 5.41) is 5.95. The van der Waals surface area contributed by atoms with Crippen LogP contribution >= 0.6 is 0 Å². The molecule has 0 aromatic heterocycles. The van der Waals surface area contributed by atoms with Crippen LogP contribution in [0.3, 0.4) is 0 Å². The minimum Gasteiger partial charge on any atom is -0.483 e. The van der Waals surface area contributed by atoms with Crippen molar-refractivity contribution in [3.8, 4) is 5.75 Å². The molecule has 0 unspecified atom stereocenters. The van der Waals surface area contributed by atoms with Crippen LogP contribution in [0.15, 0.2) is 53.6 Å². The van der Waals surface area contributed by atoms with Crippen LogP contribution in [-0.4, -0.2) is 29.8 Å². The Kier molecular flexibility index (Phi) is 4.42. The monoisotopic (exact) mass is 308 g/mol. The molecular formula is C19H20N2O2. The van der Waals surface area contributed by atoms with E-state index in [1.807, 2.05) is 62.4 Å². The van der Waals surface area contributed by atoms with Crippen LogP contribution in [0.2, 0.25) is 0 Å². The van der Waals surface area contributed by atoms with Crippen molar-refractivity contribution in [3.63, 3.8) is 0 Å². The molecule has 0 spiro atoms. The van der Waals surface area contributed by atoms with Gasteiger partial charge in [-0.25, -0.2) is 5.01 Å². The summed E-state index contributed by atoms with van der Waals surface area (Å²) in [6, 6.07) is 15.9. The summed E-state index contributed by atoms with van der Waals surface area (Å²) in [7, 11) is 0. The SMILES string of the molecule is Cc1cccc(C)c1OCC(=O)N1CCC(c2ccccc2)=N1. The number of hydrogen-bond acceptors (Lipinski definition) is 3. The molecule has 1 heterocycles. The van der Waals surface area contributed by atoms with Crippen LogP contribution in [0.4, 0.5) is 0 Å². The van der Waals surface area contributed by atoms with E-state index in [9.17, 15) is 4.79 Å². The zero-order chi connectivity index (χ0) is 16.2. The third-order valence-corrected chi connectivity index (χ3v) is 3.95. The summed E-state index contributed by atoms with van der Waals surface area (Å²) in [5.41, 5.74) is 4.09. The lowest BCUT2D eigenvalue weighted by molar-refractivity contribution is -0.132. The molecule has 0 aliphatic carbocycles. The predicted molar refractivity (Wildman–Crippen MR) is 90.7 cm³/mol. The van der Waals surface area contributed by atoms with E-state index in [0.29, 0.717) is 6.54 Å². The molecular weight excluding hydrogens is 288 g/mol. The summed E-state index contributed by atoms with van der Waals surface area (Å²) in [6.45, 7) is 4.58. The average Bonchev–Trinajstić information content (AvgIpc) is 3.05. The molecule has 1 aliphatic heterocycles. The lowest BCUT2D eigenvalue weighted by Crippen LogP contribution is -2.29. The van der Waals surface area contributed by atoms with Crippen molar-refractivity contribution in [1.82, 2.24) is 5.01 Å². The maximum absolute atomic E-state index is 12.3. The number of hydrazone groups is 1. The second-order valence-electron chi connectivity index (χ2n) is 5.69. The van der Waals surface area contributed by atoms with Crippen LogP contribution in [0.1, 0.15) is 23.1 Å². The minimum atomic E-state index is -0.112. The molecule has 4 heteroatoms. The number of hydrogen-bond donors (Lipinski definition) is 0. The fourth-order valence-corrected chi connectivity index (χ4v) is 2.71. The van der Waals surface area contributed by atoms with Crippen molar-refractivity contribution in [1.29, 1.82) is 0 Å². The third kappa shape index (κ3) is 3.42. The molecule has 0 fully saturated rings. The van der Waals surface area contributed by atoms with Gasteiger partial charge in [0.2, 0.25) is 0 Å². The molecule has 0 N–H and O–H groups in total. The van der Waals surface area contributed by atoms with E-state index in [-0.39, 0.29) is 12.5 Å². The van der Waals surface area contributed by atoms with Crippen molar-refractivity contribution >= 4 is 11.6 Å². The van der Waals surface area contributed by atoms with Gasteiger partial charge < -0.3 is 4.74 Å². The van der Waals surface area contributed by atoms with Gasteiger partial charge in [0.25, 0.3) is 5.91 Å². The third-order valence-electron chi connectivity index (χ3n) is 3.95. The standard InChI is InChI=1S/C19H20N2O2/c1-14-7-6-8-15(2)19(14)23-13-18(22)21-12-11-17(20-21)16-9-4-3-5-10-16/h3-10H,11-13H2,1-2H3. The first-order chi connectivity index (χ1) is 11.1. The molecule has 0 saturated heterocycles. The van der Waals surface area contributed by atoms with Gasteiger partial charge in [-0.05, 0) is 30.5 Å². The van der Waals surface area contributed by atoms with Gasteiger partial charge in [0.15, 0.2) is 6.61 Å². The molecule has 2 aromatic carbocycles. The van der Waals surface area contributed by atoms with Gasteiger partial charge in [0, 0.05) is 6.42 Å². The van der Waals surface area contributed by atoms with Crippen molar-refractivity contribution in [2.45, 2.75) is 20.3 Å². The summed E-state index contributed by atoms with van der Waals surface area (Å²) >= 11 is 0. The fraction of sp³-hybridized carbons (Fsp3) is 0.263. The van der Waals surface area contributed by atoms with E-state index in [4.69, 9.17) is 4.74 Å². The summed E-state index contributed by atoms with van der Waals surface area (Å²) in [4.78, 5) is 12.3. The lowest BCUT2D eigenvalue weighted by atomic mass is 10.1. The number of rotatable bonds is 4. The zero-order valence-electron chi connectivity index (χ0n) is 13.5. The van der Waals surface area contributed by atoms with Crippen LogP contribution in [0.25, 0.3) is 0 Å². The molecule has 2 aromatic rings. The van der Waals surface area contributed by atoms with Crippen molar-refractivity contribution in [2.24, 2.45) is 5.10 Å². The van der Waals surface area contributed by atoms with Crippen molar-refractivity contribution in [2.75, 3.05) is 13.2 Å². The Morgan fingerprint density at radius 2 is 1.78 bits per heavy atom. The highest BCUT2D eigenvalue weighted by Gasteiger charge is 2.22. The topological polar surface area (TPSA) is 41.9 Å². The summed E-state index contributed by atoms with van der Waals surface area (Å²) < 4.78 is 5.72. The molecule has 0 saturated carbocycles. The van der Waals surface area contributed by atoms with Gasteiger partial charge in [-0.1, -0.05) is 48.5 Å². The molecule has 3 rings (SSSR count). The Hall–Kier alpha value is -2.62. The van der Waals surface area contributed by atoms with E-state index >= 15 is 0 Å². The van der Waals surface area contributed by atoms with E-state index in [1.165, 1.54) is 5.01 Å². The Bertz CT molecular complexity index is 718. The predicted octanol–water partition coefficient (Wildman–Crippen LogP) is 3.32. The highest BCUT2D eigenvalue weighted by molar-refractivity contribution is 6.02. The van der Waals surface area contributed by atoms with E-state index in [0.717, 1.165) is 34.6 Å². The number of carbonyl (C=O) groups is 1. The van der Waals surface area contributed by atoms with Gasteiger partial charge in [-0.15, -0.1) is 0 Å². The summed E-state index contributed by atoms with van der Waals surface area (Å²) in [5.74, 6) is 0.672. The van der Waals surface area contributed by atoms with Crippen molar-refractivity contribution < 1.29 is 9.53 Å². The normalized spacial score (nSPS) is 13.8. The van der Waals surface area contributed by atoms with Gasteiger partial charge in [0.1, 0.15) is 5.75 Å². The molecule has 0 radical (unpaired) electrons. The number of amides is 1. The second-order valence-corrected chi connectivity index (χ2v) is 5.69. The van der Waals surface area contributed by atoms with E-state index in [2.05, 4.69) is 5.10 Å². The number of carbonyl (C=O) groups excluding carboxylic acids is 1. The van der Waals surface area contributed by atoms with E-state index < -0.39 is 0 Å².